The smallest absolute Gasteiger partial charge is 0.236 e. The molecule has 1 atom stereocenters. The number of carbonyl (C=O) groups excluding carboxylic acids is 1. The molecule has 3 rings (SSSR count). The monoisotopic (exact) mass is 382 g/mol. The van der Waals surface area contributed by atoms with Crippen LogP contribution in [0.3, 0.4) is 0 Å². The quantitative estimate of drug-likeness (QED) is 0.753. The van der Waals surface area contributed by atoms with E-state index < -0.39 is 16.6 Å². The van der Waals surface area contributed by atoms with Crippen molar-refractivity contribution in [3.8, 4) is 0 Å². The Morgan fingerprint density at radius 2 is 2.15 bits per heavy atom. The van der Waals surface area contributed by atoms with Crippen molar-refractivity contribution in [2.45, 2.75) is 24.3 Å². The van der Waals surface area contributed by atoms with Gasteiger partial charge in [0.05, 0.1) is 17.6 Å². The van der Waals surface area contributed by atoms with Gasteiger partial charge in [0, 0.05) is 42.6 Å². The minimum Gasteiger partial charge on any atom is -0.340 e. The maximum Gasteiger partial charge on any atom is 0.236 e. The van der Waals surface area contributed by atoms with Gasteiger partial charge in [-0.3, -0.25) is 18.9 Å². The predicted octanol–water partition coefficient (Wildman–Crippen LogP) is 2.28. The van der Waals surface area contributed by atoms with Gasteiger partial charge >= 0.3 is 0 Å². The van der Waals surface area contributed by atoms with Crippen molar-refractivity contribution in [2.75, 3.05) is 26.2 Å². The number of aromatic nitrogens is 1. The van der Waals surface area contributed by atoms with Crippen LogP contribution in [0.2, 0.25) is 0 Å². The van der Waals surface area contributed by atoms with E-state index in [1.807, 2.05) is 6.92 Å². The van der Waals surface area contributed by atoms with Crippen LogP contribution in [-0.2, 0) is 4.79 Å². The van der Waals surface area contributed by atoms with Crippen LogP contribution in [0, 0.1) is 5.82 Å². The lowest BCUT2D eigenvalue weighted by Gasteiger charge is -2.46. The van der Waals surface area contributed by atoms with E-state index in [4.69, 9.17) is 5.73 Å². The van der Waals surface area contributed by atoms with Gasteiger partial charge in [0.25, 0.3) is 0 Å². The van der Waals surface area contributed by atoms with Crippen LogP contribution in [0.4, 0.5) is 4.39 Å². The van der Waals surface area contributed by atoms with E-state index >= 15 is 0 Å². The van der Waals surface area contributed by atoms with E-state index in [1.54, 1.807) is 21.3 Å². The molecular weight excluding hydrogens is 359 g/mol. The summed E-state index contributed by atoms with van der Waals surface area (Å²) >= 11 is 0. The van der Waals surface area contributed by atoms with Crippen LogP contribution in [0.15, 0.2) is 35.5 Å². The summed E-state index contributed by atoms with van der Waals surface area (Å²) in [4.78, 5) is 17.5. The molecule has 0 aliphatic carbocycles. The lowest BCUT2D eigenvalue weighted by atomic mass is 10.2. The van der Waals surface area contributed by atoms with Crippen LogP contribution in [0.5, 0.6) is 0 Å². The number of pyridine rings is 1. The highest BCUT2D eigenvalue weighted by Gasteiger charge is 2.34. The van der Waals surface area contributed by atoms with Gasteiger partial charge in [-0.25, -0.2) is 4.39 Å². The Morgan fingerprint density at radius 3 is 2.88 bits per heavy atom. The van der Waals surface area contributed by atoms with E-state index in [2.05, 4.69) is 4.98 Å². The topological polar surface area (TPSA) is 103 Å². The molecule has 4 N–H and O–H groups in total. The zero-order chi connectivity index (χ0) is 18.9. The van der Waals surface area contributed by atoms with E-state index in [1.165, 1.54) is 12.3 Å². The Labute approximate surface area is 153 Å². The largest absolute Gasteiger partial charge is 0.340 e. The lowest BCUT2D eigenvalue weighted by Crippen LogP contribution is -2.43. The summed E-state index contributed by atoms with van der Waals surface area (Å²) in [6.07, 6.45) is 3.13. The fourth-order valence-electron chi connectivity index (χ4n) is 3.39. The predicted molar refractivity (Wildman–Crippen MR) is 99.2 cm³/mol. The van der Waals surface area contributed by atoms with Crippen LogP contribution >= 0.6 is 10.8 Å². The SMILES string of the molecule is C[C@H]1CN(C(=O)CN)CCCN1S(O)(O)c1cccc2cncc(F)c12. The van der Waals surface area contributed by atoms with Crippen molar-refractivity contribution in [2.24, 2.45) is 5.73 Å². The fourth-order valence-corrected chi connectivity index (χ4v) is 5.34. The number of amides is 1. The van der Waals surface area contributed by atoms with Gasteiger partial charge in [-0.05, 0) is 19.4 Å². The summed E-state index contributed by atoms with van der Waals surface area (Å²) in [6.45, 7) is 2.95. The number of hydrogen-bond donors (Lipinski definition) is 3. The Hall–Kier alpha value is -1.78. The molecule has 0 unspecified atom stereocenters. The molecule has 1 aliphatic rings. The number of nitrogens with two attached hydrogens (primary N) is 1. The molecule has 1 fully saturated rings. The van der Waals surface area contributed by atoms with E-state index in [0.717, 1.165) is 6.20 Å². The van der Waals surface area contributed by atoms with Crippen LogP contribution in [-0.4, -0.2) is 61.4 Å². The first kappa shape index (κ1) is 19.0. The molecule has 26 heavy (non-hydrogen) atoms. The Bertz CT molecular complexity index is 814. The van der Waals surface area contributed by atoms with Crippen molar-refractivity contribution in [3.05, 3.63) is 36.4 Å². The first-order valence-electron chi connectivity index (χ1n) is 8.41. The summed E-state index contributed by atoms with van der Waals surface area (Å²) in [7, 11) is -3.44. The van der Waals surface area contributed by atoms with Crippen molar-refractivity contribution in [3.63, 3.8) is 0 Å². The Balaban J connectivity index is 1.99. The second-order valence-electron chi connectivity index (χ2n) is 6.38. The van der Waals surface area contributed by atoms with Crippen molar-refractivity contribution in [1.29, 1.82) is 0 Å². The number of benzene rings is 1. The normalized spacial score (nSPS) is 20.2. The number of halogens is 1. The van der Waals surface area contributed by atoms with Gasteiger partial charge < -0.3 is 10.6 Å². The highest BCUT2D eigenvalue weighted by Crippen LogP contribution is 2.55. The van der Waals surface area contributed by atoms with Crippen LogP contribution in [0.1, 0.15) is 13.3 Å². The van der Waals surface area contributed by atoms with Gasteiger partial charge in [0.15, 0.2) is 5.82 Å². The number of rotatable bonds is 3. The van der Waals surface area contributed by atoms with Gasteiger partial charge in [-0.15, -0.1) is 10.8 Å². The number of hydrogen-bond acceptors (Lipinski definition) is 6. The van der Waals surface area contributed by atoms with E-state index in [-0.39, 0.29) is 28.8 Å². The second-order valence-corrected chi connectivity index (χ2v) is 8.33. The molecule has 1 aliphatic heterocycles. The Morgan fingerprint density at radius 1 is 1.38 bits per heavy atom. The fraction of sp³-hybridized carbons (Fsp3) is 0.412. The van der Waals surface area contributed by atoms with Crippen LogP contribution < -0.4 is 5.73 Å². The molecule has 1 saturated heterocycles. The van der Waals surface area contributed by atoms with Gasteiger partial charge in [0.1, 0.15) is 0 Å². The summed E-state index contributed by atoms with van der Waals surface area (Å²) < 4.78 is 38.1. The maximum atomic E-state index is 14.4. The lowest BCUT2D eigenvalue weighted by molar-refractivity contribution is -0.129. The average molecular weight is 382 g/mol. The molecule has 7 nitrogen and oxygen atoms in total. The molecule has 1 aromatic heterocycles. The third-order valence-corrected chi connectivity index (χ3v) is 6.76. The zero-order valence-electron chi connectivity index (χ0n) is 14.5. The maximum absolute atomic E-state index is 14.4. The third kappa shape index (κ3) is 3.40. The van der Waals surface area contributed by atoms with E-state index in [9.17, 15) is 18.3 Å². The average Bonchev–Trinajstić information content (AvgIpc) is 2.83. The standard InChI is InChI=1S/C17H23FN4O3S/c1-12-11-21(16(23)8-19)6-3-7-22(12)26(24,25)15-5-2-4-13-9-20-10-14(18)17(13)15/h2,4-5,9-10,12,24-25H,3,6-8,11,19H2,1H3/t12-/m0/s1. The summed E-state index contributed by atoms with van der Waals surface area (Å²) in [5.74, 6) is -0.766. The molecule has 0 saturated carbocycles. The molecule has 9 heteroatoms. The number of carbonyl (C=O) groups is 1. The van der Waals surface area contributed by atoms with Gasteiger partial charge in [0.2, 0.25) is 5.91 Å². The number of nitrogens with zero attached hydrogens (tertiary/aromatic N) is 3. The molecule has 1 aromatic carbocycles. The first-order chi connectivity index (χ1) is 12.4. The molecule has 0 spiro atoms. The van der Waals surface area contributed by atoms with Crippen molar-refractivity contribution >= 4 is 27.5 Å². The summed E-state index contributed by atoms with van der Waals surface area (Å²) in [6, 6.07) is 4.54. The third-order valence-electron chi connectivity index (χ3n) is 4.63. The second kappa shape index (κ2) is 7.45. The van der Waals surface area contributed by atoms with Crippen molar-refractivity contribution < 1.29 is 18.3 Å². The van der Waals surface area contributed by atoms with Crippen molar-refractivity contribution in [1.82, 2.24) is 14.2 Å². The molecule has 0 bridgehead atoms. The highest BCUT2D eigenvalue weighted by molar-refractivity contribution is 8.22. The van der Waals surface area contributed by atoms with Gasteiger partial charge in [-0.1, -0.05) is 12.1 Å². The highest BCUT2D eigenvalue weighted by atomic mass is 32.3. The van der Waals surface area contributed by atoms with Gasteiger partial charge in [-0.2, -0.15) is 4.31 Å². The number of fused-ring (bicyclic) bond motifs is 1. The Kier molecular flexibility index (Phi) is 5.44. The first-order valence-corrected chi connectivity index (χ1v) is 9.91. The molecule has 1 amide bonds. The molecule has 2 aromatic rings. The molecule has 0 radical (unpaired) electrons. The van der Waals surface area contributed by atoms with E-state index in [0.29, 0.717) is 31.4 Å². The summed E-state index contributed by atoms with van der Waals surface area (Å²) in [5.41, 5.74) is 5.44. The minimum absolute atomic E-state index is 0.0789. The van der Waals surface area contributed by atoms with Crippen LogP contribution in [0.25, 0.3) is 10.8 Å². The zero-order valence-corrected chi connectivity index (χ0v) is 15.3. The molecular formula is C17H23FN4O3S. The minimum atomic E-state index is -3.44. The molecule has 142 valence electrons. The molecule has 2 heterocycles. The summed E-state index contributed by atoms with van der Waals surface area (Å²) in [5, 5.41) is 0.665.